The third-order valence-corrected chi connectivity index (χ3v) is 2.66. The van der Waals surface area contributed by atoms with E-state index in [0.717, 1.165) is 11.1 Å². The van der Waals surface area contributed by atoms with Gasteiger partial charge in [-0.25, -0.2) is 0 Å². The van der Waals surface area contributed by atoms with Gasteiger partial charge in [0.15, 0.2) is 0 Å². The van der Waals surface area contributed by atoms with Crippen molar-refractivity contribution in [2.75, 3.05) is 13.7 Å². The van der Waals surface area contributed by atoms with E-state index in [0.29, 0.717) is 5.75 Å². The lowest BCUT2D eigenvalue weighted by atomic mass is 10.0. The molecule has 1 aromatic carbocycles. The molecular weight excluding hydrogens is 230 g/mol. The van der Waals surface area contributed by atoms with Crippen molar-refractivity contribution in [2.24, 2.45) is 0 Å². The van der Waals surface area contributed by atoms with Gasteiger partial charge in [-0.2, -0.15) is 0 Å². The molecule has 4 nitrogen and oxygen atoms in total. The number of benzene rings is 1. The van der Waals surface area contributed by atoms with Crippen LogP contribution >= 0.6 is 0 Å². The van der Waals surface area contributed by atoms with Gasteiger partial charge in [0.2, 0.25) is 5.91 Å². The van der Waals surface area contributed by atoms with Crippen molar-refractivity contribution in [1.29, 1.82) is 0 Å². The van der Waals surface area contributed by atoms with Crippen molar-refractivity contribution < 1.29 is 14.6 Å². The van der Waals surface area contributed by atoms with Gasteiger partial charge in [0.05, 0.1) is 25.7 Å². The van der Waals surface area contributed by atoms with Gasteiger partial charge in [0.1, 0.15) is 5.75 Å². The fraction of sp³-hybridized carbons (Fsp3) is 0.500. The minimum Gasteiger partial charge on any atom is -0.496 e. The van der Waals surface area contributed by atoms with Crippen molar-refractivity contribution in [3.8, 4) is 5.75 Å². The highest BCUT2D eigenvalue weighted by Gasteiger charge is 2.19. The number of methoxy groups -OCH3 is 1. The first-order valence-corrected chi connectivity index (χ1v) is 5.93. The highest BCUT2D eigenvalue weighted by Crippen LogP contribution is 2.20. The number of amides is 1. The Morgan fingerprint density at radius 2 is 2.11 bits per heavy atom. The van der Waals surface area contributed by atoms with Gasteiger partial charge >= 0.3 is 0 Å². The van der Waals surface area contributed by atoms with E-state index in [1.54, 1.807) is 21.0 Å². The Morgan fingerprint density at radius 3 is 2.67 bits per heavy atom. The Bertz CT molecular complexity index is 427. The zero-order valence-electron chi connectivity index (χ0n) is 11.4. The Morgan fingerprint density at radius 1 is 1.44 bits per heavy atom. The summed E-state index contributed by atoms with van der Waals surface area (Å²) in [6.07, 6.45) is 0.244. The molecule has 1 amide bonds. The number of aliphatic hydroxyl groups is 1. The predicted octanol–water partition coefficient (Wildman–Crippen LogP) is 1.43. The lowest BCUT2D eigenvalue weighted by Crippen LogP contribution is -2.46. The zero-order chi connectivity index (χ0) is 13.8. The molecule has 0 aliphatic rings. The van der Waals surface area contributed by atoms with Crippen LogP contribution in [0.4, 0.5) is 0 Å². The van der Waals surface area contributed by atoms with E-state index in [-0.39, 0.29) is 18.9 Å². The second kappa shape index (κ2) is 5.87. The molecule has 100 valence electrons. The van der Waals surface area contributed by atoms with Crippen LogP contribution in [-0.4, -0.2) is 30.3 Å². The normalized spacial score (nSPS) is 11.2. The topological polar surface area (TPSA) is 58.6 Å². The van der Waals surface area contributed by atoms with Crippen molar-refractivity contribution >= 4 is 5.91 Å². The van der Waals surface area contributed by atoms with Gasteiger partial charge in [-0.05, 0) is 26.8 Å². The lowest BCUT2D eigenvalue weighted by Gasteiger charge is -2.23. The highest BCUT2D eigenvalue weighted by molar-refractivity contribution is 5.80. The Balaban J connectivity index is 2.78. The number of carbonyl (C=O) groups is 1. The van der Waals surface area contributed by atoms with E-state index in [4.69, 9.17) is 9.84 Å². The quantitative estimate of drug-likeness (QED) is 0.832. The summed E-state index contributed by atoms with van der Waals surface area (Å²) in [6, 6.07) is 5.73. The Kier molecular flexibility index (Phi) is 4.73. The smallest absolute Gasteiger partial charge is 0.225 e. The summed E-state index contributed by atoms with van der Waals surface area (Å²) >= 11 is 0. The van der Waals surface area contributed by atoms with Crippen LogP contribution in [0.25, 0.3) is 0 Å². The Labute approximate surface area is 108 Å². The van der Waals surface area contributed by atoms with Gasteiger partial charge in [-0.1, -0.05) is 17.7 Å². The van der Waals surface area contributed by atoms with Crippen LogP contribution < -0.4 is 10.1 Å². The van der Waals surface area contributed by atoms with Crippen molar-refractivity contribution in [2.45, 2.75) is 32.7 Å². The monoisotopic (exact) mass is 251 g/mol. The van der Waals surface area contributed by atoms with Crippen LogP contribution in [0.1, 0.15) is 25.0 Å². The molecule has 2 N–H and O–H groups in total. The second-order valence-electron chi connectivity index (χ2n) is 5.08. The number of nitrogens with one attached hydrogen (secondary N) is 1. The maximum Gasteiger partial charge on any atom is 0.225 e. The van der Waals surface area contributed by atoms with E-state index in [1.165, 1.54) is 0 Å². The molecule has 0 spiro atoms. The molecule has 1 aromatic rings. The van der Waals surface area contributed by atoms with Crippen LogP contribution in [0.3, 0.4) is 0 Å². The van der Waals surface area contributed by atoms with Gasteiger partial charge < -0.3 is 15.2 Å². The first-order chi connectivity index (χ1) is 8.38. The first-order valence-electron chi connectivity index (χ1n) is 5.93. The second-order valence-corrected chi connectivity index (χ2v) is 5.08. The van der Waals surface area contributed by atoms with Gasteiger partial charge in [-0.15, -0.1) is 0 Å². The number of aliphatic hydroxyl groups excluding tert-OH is 1. The highest BCUT2D eigenvalue weighted by atomic mass is 16.5. The first kappa shape index (κ1) is 14.5. The van der Waals surface area contributed by atoms with Crippen LogP contribution in [0.2, 0.25) is 0 Å². The SMILES string of the molecule is COc1ccc(C)cc1CC(=O)NC(C)(C)CO. The minimum absolute atomic E-state index is 0.0936. The summed E-state index contributed by atoms with van der Waals surface area (Å²) in [6.45, 7) is 5.43. The largest absolute Gasteiger partial charge is 0.496 e. The van der Waals surface area contributed by atoms with Crippen LogP contribution in [0.15, 0.2) is 18.2 Å². The summed E-state index contributed by atoms with van der Waals surface area (Å²) < 4.78 is 5.23. The minimum atomic E-state index is -0.603. The summed E-state index contributed by atoms with van der Waals surface area (Å²) in [4.78, 5) is 11.9. The molecule has 0 aliphatic heterocycles. The van der Waals surface area contributed by atoms with E-state index in [9.17, 15) is 4.79 Å². The Hall–Kier alpha value is -1.55. The molecule has 4 heteroatoms. The van der Waals surface area contributed by atoms with Crippen LogP contribution in [-0.2, 0) is 11.2 Å². The summed E-state index contributed by atoms with van der Waals surface area (Å²) in [7, 11) is 1.59. The van der Waals surface area contributed by atoms with Crippen molar-refractivity contribution in [3.63, 3.8) is 0 Å². The number of carbonyl (C=O) groups excluding carboxylic acids is 1. The van der Waals surface area contributed by atoms with Gasteiger partial charge in [0.25, 0.3) is 0 Å². The molecule has 18 heavy (non-hydrogen) atoms. The average Bonchev–Trinajstić information content (AvgIpc) is 2.28. The maximum atomic E-state index is 11.9. The molecular formula is C14H21NO3. The van der Waals surface area contributed by atoms with Gasteiger partial charge in [-0.3, -0.25) is 4.79 Å². The molecule has 1 rings (SSSR count). The number of aryl methyl sites for hydroxylation is 1. The number of hydrogen-bond donors (Lipinski definition) is 2. The third-order valence-electron chi connectivity index (χ3n) is 2.66. The molecule has 0 heterocycles. The molecule has 0 saturated carbocycles. The molecule has 0 saturated heterocycles. The molecule has 0 aliphatic carbocycles. The summed E-state index contributed by atoms with van der Waals surface area (Å²) in [5.41, 5.74) is 1.33. The fourth-order valence-electron chi connectivity index (χ4n) is 1.68. The summed E-state index contributed by atoms with van der Waals surface area (Å²) in [5.74, 6) is 0.579. The number of ether oxygens (including phenoxy) is 1. The van der Waals surface area contributed by atoms with E-state index >= 15 is 0 Å². The number of hydrogen-bond acceptors (Lipinski definition) is 3. The zero-order valence-corrected chi connectivity index (χ0v) is 11.4. The van der Waals surface area contributed by atoms with Crippen molar-refractivity contribution in [1.82, 2.24) is 5.32 Å². The standard InChI is InChI=1S/C14H21NO3/c1-10-5-6-12(18-4)11(7-10)8-13(17)15-14(2,3)9-16/h5-7,16H,8-9H2,1-4H3,(H,15,17). The summed E-state index contributed by atoms with van der Waals surface area (Å²) in [5, 5.41) is 11.9. The van der Waals surface area contributed by atoms with Crippen molar-refractivity contribution in [3.05, 3.63) is 29.3 Å². The fourth-order valence-corrected chi connectivity index (χ4v) is 1.68. The third kappa shape index (κ3) is 4.04. The predicted molar refractivity (Wildman–Crippen MR) is 70.7 cm³/mol. The van der Waals surface area contributed by atoms with E-state index < -0.39 is 5.54 Å². The lowest BCUT2D eigenvalue weighted by molar-refractivity contribution is -0.122. The molecule has 0 radical (unpaired) electrons. The molecule has 0 fully saturated rings. The molecule has 0 unspecified atom stereocenters. The van der Waals surface area contributed by atoms with Crippen LogP contribution in [0.5, 0.6) is 5.75 Å². The molecule has 0 bridgehead atoms. The average molecular weight is 251 g/mol. The number of rotatable bonds is 5. The van der Waals surface area contributed by atoms with E-state index in [2.05, 4.69) is 5.32 Å². The van der Waals surface area contributed by atoms with E-state index in [1.807, 2.05) is 25.1 Å². The maximum absolute atomic E-state index is 11.9. The van der Waals surface area contributed by atoms with Crippen LogP contribution in [0, 0.1) is 6.92 Å². The van der Waals surface area contributed by atoms with Gasteiger partial charge in [0, 0.05) is 5.56 Å². The molecule has 0 atom stereocenters. The molecule has 0 aromatic heterocycles.